The van der Waals surface area contributed by atoms with Crippen molar-refractivity contribution in [3.63, 3.8) is 0 Å². The molecule has 1 rings (SSSR count). The Bertz CT molecular complexity index is 274. The van der Waals surface area contributed by atoms with Crippen LogP contribution >= 0.6 is 0 Å². The molecule has 0 amide bonds. The highest BCUT2D eigenvalue weighted by atomic mass is 16.5. The minimum atomic E-state index is -0.962. The fraction of sp³-hybridized carbons (Fsp3) is 0.846. The molecule has 0 saturated heterocycles. The number of hydrogen-bond acceptors (Lipinski definition) is 4. The van der Waals surface area contributed by atoms with Gasteiger partial charge in [0, 0.05) is 6.42 Å². The number of rotatable bonds is 8. The second-order valence-electron chi connectivity index (χ2n) is 4.94. The van der Waals surface area contributed by atoms with Gasteiger partial charge in [-0.15, -0.1) is 0 Å². The molecule has 0 aromatic carbocycles. The lowest BCUT2D eigenvalue weighted by atomic mass is 10.1. The monoisotopic (exact) mass is 257 g/mol. The van der Waals surface area contributed by atoms with E-state index in [2.05, 4.69) is 0 Å². The first-order valence-corrected chi connectivity index (χ1v) is 6.77. The zero-order chi connectivity index (χ0) is 13.4. The van der Waals surface area contributed by atoms with Crippen LogP contribution in [-0.2, 0) is 14.3 Å². The van der Waals surface area contributed by atoms with Crippen molar-refractivity contribution in [3.8, 4) is 0 Å². The van der Waals surface area contributed by atoms with Crippen LogP contribution in [0.15, 0.2) is 0 Å². The Morgan fingerprint density at radius 3 is 2.50 bits per heavy atom. The van der Waals surface area contributed by atoms with Crippen molar-refractivity contribution in [3.05, 3.63) is 0 Å². The number of carbonyl (C=O) groups excluding carboxylic acids is 1. The van der Waals surface area contributed by atoms with E-state index in [-0.39, 0.29) is 12.1 Å². The molecule has 1 saturated carbocycles. The average molecular weight is 257 g/mol. The van der Waals surface area contributed by atoms with E-state index in [1.807, 2.05) is 0 Å². The number of carbonyl (C=O) groups is 2. The molecule has 0 aromatic rings. The molecule has 1 fully saturated rings. The maximum absolute atomic E-state index is 11.5. The number of unbranched alkanes of at least 4 members (excludes halogenated alkanes) is 2. The van der Waals surface area contributed by atoms with Crippen molar-refractivity contribution in [1.82, 2.24) is 0 Å². The summed E-state index contributed by atoms with van der Waals surface area (Å²) in [6.45, 7) is 0. The number of nitrogens with two attached hydrogens (primary N) is 1. The van der Waals surface area contributed by atoms with E-state index in [9.17, 15) is 9.59 Å². The van der Waals surface area contributed by atoms with Crippen LogP contribution in [0.2, 0.25) is 0 Å². The molecule has 0 heterocycles. The first-order valence-electron chi connectivity index (χ1n) is 6.77. The molecule has 1 aliphatic rings. The molecule has 5 nitrogen and oxygen atoms in total. The van der Waals surface area contributed by atoms with E-state index in [0.717, 1.165) is 44.9 Å². The van der Waals surface area contributed by atoms with Crippen LogP contribution in [0.25, 0.3) is 0 Å². The number of hydrogen-bond donors (Lipinski definition) is 2. The number of carboxylic acids is 1. The zero-order valence-electron chi connectivity index (χ0n) is 10.8. The van der Waals surface area contributed by atoms with Gasteiger partial charge < -0.3 is 15.6 Å². The van der Waals surface area contributed by atoms with Crippen molar-refractivity contribution >= 4 is 11.9 Å². The quantitative estimate of drug-likeness (QED) is 0.511. The van der Waals surface area contributed by atoms with Gasteiger partial charge in [0.15, 0.2) is 0 Å². The number of esters is 1. The summed E-state index contributed by atoms with van der Waals surface area (Å²) in [6, 6.07) is -0.782. The highest BCUT2D eigenvalue weighted by Crippen LogP contribution is 2.21. The van der Waals surface area contributed by atoms with E-state index in [1.54, 1.807) is 0 Å². The Labute approximate surface area is 108 Å². The molecule has 0 aliphatic heterocycles. The van der Waals surface area contributed by atoms with Crippen LogP contribution in [0, 0.1) is 0 Å². The highest BCUT2D eigenvalue weighted by molar-refractivity contribution is 5.72. The standard InChI is InChI=1S/C13H23NO4/c14-11(13(16)17)8-2-1-3-9-12(15)18-10-6-4-5-7-10/h10-11H,1-9,14H2,(H,16,17)/t11-/m0/s1. The molecule has 1 aliphatic carbocycles. The van der Waals surface area contributed by atoms with Gasteiger partial charge in [-0.25, -0.2) is 0 Å². The first-order chi connectivity index (χ1) is 8.59. The predicted molar refractivity (Wildman–Crippen MR) is 67.0 cm³/mol. The summed E-state index contributed by atoms with van der Waals surface area (Å²) in [5, 5.41) is 8.59. The van der Waals surface area contributed by atoms with Gasteiger partial charge in [0.05, 0.1) is 0 Å². The van der Waals surface area contributed by atoms with Crippen molar-refractivity contribution in [2.75, 3.05) is 0 Å². The lowest BCUT2D eigenvalue weighted by Gasteiger charge is -2.11. The molecule has 5 heteroatoms. The summed E-state index contributed by atoms with van der Waals surface area (Å²) >= 11 is 0. The maximum Gasteiger partial charge on any atom is 0.320 e. The Morgan fingerprint density at radius 2 is 1.89 bits per heavy atom. The molecular weight excluding hydrogens is 234 g/mol. The zero-order valence-corrected chi connectivity index (χ0v) is 10.8. The van der Waals surface area contributed by atoms with E-state index in [4.69, 9.17) is 15.6 Å². The SMILES string of the molecule is N[C@@H](CCCCCC(=O)OC1CCCC1)C(=O)O. The van der Waals surface area contributed by atoms with E-state index in [0.29, 0.717) is 12.8 Å². The summed E-state index contributed by atoms with van der Waals surface area (Å²) in [7, 11) is 0. The third-order valence-corrected chi connectivity index (χ3v) is 3.31. The van der Waals surface area contributed by atoms with Gasteiger partial charge in [-0.1, -0.05) is 12.8 Å². The summed E-state index contributed by atoms with van der Waals surface area (Å²) in [6.07, 6.45) is 7.65. The van der Waals surface area contributed by atoms with Crippen molar-refractivity contribution in [1.29, 1.82) is 0 Å². The van der Waals surface area contributed by atoms with Gasteiger partial charge in [-0.3, -0.25) is 9.59 Å². The predicted octanol–water partition coefficient (Wildman–Crippen LogP) is 1.83. The average Bonchev–Trinajstić information content (AvgIpc) is 2.80. The van der Waals surface area contributed by atoms with Gasteiger partial charge in [-0.2, -0.15) is 0 Å². The fourth-order valence-corrected chi connectivity index (χ4v) is 2.18. The van der Waals surface area contributed by atoms with E-state index < -0.39 is 12.0 Å². The molecule has 0 bridgehead atoms. The summed E-state index contributed by atoms with van der Waals surface area (Å²) in [4.78, 5) is 21.9. The summed E-state index contributed by atoms with van der Waals surface area (Å²) < 4.78 is 5.32. The van der Waals surface area contributed by atoms with Gasteiger partial charge in [-0.05, 0) is 38.5 Å². The van der Waals surface area contributed by atoms with Crippen LogP contribution in [0.1, 0.15) is 57.8 Å². The third-order valence-electron chi connectivity index (χ3n) is 3.31. The second kappa shape index (κ2) is 8.08. The molecular formula is C13H23NO4. The first kappa shape index (κ1) is 15.0. The van der Waals surface area contributed by atoms with Crippen LogP contribution in [0.3, 0.4) is 0 Å². The third kappa shape index (κ3) is 6.00. The molecule has 0 radical (unpaired) electrons. The van der Waals surface area contributed by atoms with Gasteiger partial charge in [0.2, 0.25) is 0 Å². The summed E-state index contributed by atoms with van der Waals surface area (Å²) in [5.41, 5.74) is 5.38. The normalized spacial score (nSPS) is 17.6. The van der Waals surface area contributed by atoms with E-state index >= 15 is 0 Å². The Hall–Kier alpha value is -1.10. The Morgan fingerprint density at radius 1 is 1.22 bits per heavy atom. The maximum atomic E-state index is 11.5. The molecule has 18 heavy (non-hydrogen) atoms. The lowest BCUT2D eigenvalue weighted by molar-refractivity contribution is -0.149. The van der Waals surface area contributed by atoms with Gasteiger partial charge in [0.25, 0.3) is 0 Å². The molecule has 0 aromatic heterocycles. The lowest BCUT2D eigenvalue weighted by Crippen LogP contribution is -2.29. The van der Waals surface area contributed by atoms with Crippen LogP contribution in [0.5, 0.6) is 0 Å². The van der Waals surface area contributed by atoms with Gasteiger partial charge in [0.1, 0.15) is 12.1 Å². The van der Waals surface area contributed by atoms with Crippen molar-refractivity contribution < 1.29 is 19.4 Å². The molecule has 0 spiro atoms. The smallest absolute Gasteiger partial charge is 0.320 e. The number of ether oxygens (including phenoxy) is 1. The van der Waals surface area contributed by atoms with Gasteiger partial charge >= 0.3 is 11.9 Å². The van der Waals surface area contributed by atoms with E-state index in [1.165, 1.54) is 0 Å². The highest BCUT2D eigenvalue weighted by Gasteiger charge is 2.18. The van der Waals surface area contributed by atoms with Crippen molar-refractivity contribution in [2.24, 2.45) is 5.73 Å². The molecule has 0 unspecified atom stereocenters. The van der Waals surface area contributed by atoms with Crippen LogP contribution in [0.4, 0.5) is 0 Å². The second-order valence-corrected chi connectivity index (χ2v) is 4.94. The Kier molecular flexibility index (Phi) is 6.72. The number of aliphatic carboxylic acids is 1. The Balaban J connectivity index is 1.96. The molecule has 3 N–H and O–H groups in total. The van der Waals surface area contributed by atoms with Crippen molar-refractivity contribution in [2.45, 2.75) is 69.9 Å². The van der Waals surface area contributed by atoms with Crippen LogP contribution in [-0.4, -0.2) is 29.2 Å². The number of carboxylic acid groups (broad SMARTS) is 1. The largest absolute Gasteiger partial charge is 0.480 e. The molecule has 104 valence electrons. The minimum Gasteiger partial charge on any atom is -0.480 e. The van der Waals surface area contributed by atoms with Crippen LogP contribution < -0.4 is 5.73 Å². The molecule has 1 atom stereocenters. The topological polar surface area (TPSA) is 89.6 Å². The summed E-state index contributed by atoms with van der Waals surface area (Å²) in [5.74, 6) is -1.08. The fourth-order valence-electron chi connectivity index (χ4n) is 2.18. The minimum absolute atomic E-state index is 0.121.